The van der Waals surface area contributed by atoms with E-state index in [0.29, 0.717) is 18.7 Å². The number of hydrogen-bond donors (Lipinski definition) is 1. The predicted molar refractivity (Wildman–Crippen MR) is 77.5 cm³/mol. The van der Waals surface area contributed by atoms with Gasteiger partial charge in [-0.05, 0) is 32.0 Å². The number of nitrogens with one attached hydrogen (secondary N) is 1. The van der Waals surface area contributed by atoms with Crippen LogP contribution in [-0.2, 0) is 4.74 Å². The number of piperidine rings is 1. The van der Waals surface area contributed by atoms with Crippen LogP contribution in [0, 0.1) is 5.82 Å². The summed E-state index contributed by atoms with van der Waals surface area (Å²) in [5.41, 5.74) is 0.00472. The van der Waals surface area contributed by atoms with Gasteiger partial charge < -0.3 is 10.1 Å². The Kier molecular flexibility index (Phi) is 4.70. The van der Waals surface area contributed by atoms with Crippen LogP contribution in [0.3, 0.4) is 0 Å². The van der Waals surface area contributed by atoms with Gasteiger partial charge in [-0.2, -0.15) is 0 Å². The topological polar surface area (TPSA) is 24.5 Å². The van der Waals surface area contributed by atoms with Crippen molar-refractivity contribution in [3.05, 3.63) is 35.6 Å². The van der Waals surface area contributed by atoms with Crippen LogP contribution in [0.25, 0.3) is 0 Å². The number of morpholine rings is 1. The molecular weight excluding hydrogens is 293 g/mol. The van der Waals surface area contributed by atoms with Crippen molar-refractivity contribution in [3.63, 3.8) is 0 Å². The molecule has 3 rings (SSSR count). The Bertz CT molecular complexity index is 506. The summed E-state index contributed by atoms with van der Waals surface area (Å²) in [5, 5.41) is 3.26. The lowest BCUT2D eigenvalue weighted by Gasteiger charge is -2.48. The van der Waals surface area contributed by atoms with E-state index in [4.69, 9.17) is 4.74 Å². The summed E-state index contributed by atoms with van der Waals surface area (Å²) in [6.07, 6.45) is -1.36. The standard InChI is InChI=1S/C16H21F3N2O/c17-13-4-2-1-3-12(13)14-9-21(10-15(18)19)11-16(22-14)5-7-20-8-6-16/h1-4,14-15,20H,5-11H2. The maximum absolute atomic E-state index is 14.1. The highest BCUT2D eigenvalue weighted by atomic mass is 19.3. The minimum atomic E-state index is -2.39. The van der Waals surface area contributed by atoms with E-state index in [1.807, 2.05) is 0 Å². The van der Waals surface area contributed by atoms with E-state index in [1.165, 1.54) is 6.07 Å². The summed E-state index contributed by atoms with van der Waals surface area (Å²) in [6.45, 7) is 2.10. The van der Waals surface area contributed by atoms with Crippen LogP contribution in [0.15, 0.2) is 24.3 Å². The Morgan fingerprint density at radius 3 is 2.68 bits per heavy atom. The Labute approximate surface area is 128 Å². The number of rotatable bonds is 3. The Balaban J connectivity index is 1.84. The lowest BCUT2D eigenvalue weighted by Crippen LogP contribution is -2.57. The van der Waals surface area contributed by atoms with E-state index >= 15 is 0 Å². The number of halogens is 3. The zero-order chi connectivity index (χ0) is 15.6. The molecule has 1 atom stereocenters. The normalized spacial score (nSPS) is 25.7. The first kappa shape index (κ1) is 15.8. The van der Waals surface area contributed by atoms with Crippen molar-refractivity contribution in [3.8, 4) is 0 Å². The van der Waals surface area contributed by atoms with E-state index in [2.05, 4.69) is 5.32 Å². The number of ether oxygens (including phenoxy) is 1. The minimum Gasteiger partial charge on any atom is -0.364 e. The number of nitrogens with zero attached hydrogens (tertiary/aromatic N) is 1. The lowest BCUT2D eigenvalue weighted by molar-refractivity contribution is -0.174. The third-order valence-corrected chi connectivity index (χ3v) is 4.49. The van der Waals surface area contributed by atoms with E-state index in [-0.39, 0.29) is 12.4 Å². The van der Waals surface area contributed by atoms with E-state index in [0.717, 1.165) is 25.9 Å². The van der Waals surface area contributed by atoms with Crippen molar-refractivity contribution in [2.75, 3.05) is 32.7 Å². The highest BCUT2D eigenvalue weighted by Crippen LogP contribution is 2.37. The molecule has 3 nitrogen and oxygen atoms in total. The van der Waals surface area contributed by atoms with Gasteiger partial charge in [0.05, 0.1) is 18.2 Å². The monoisotopic (exact) mass is 314 g/mol. The summed E-state index contributed by atoms with van der Waals surface area (Å²) >= 11 is 0. The highest BCUT2D eigenvalue weighted by Gasteiger charge is 2.42. The molecule has 0 bridgehead atoms. The van der Waals surface area contributed by atoms with Crippen molar-refractivity contribution in [1.29, 1.82) is 0 Å². The molecule has 2 saturated heterocycles. The fourth-order valence-electron chi connectivity index (χ4n) is 3.47. The second kappa shape index (κ2) is 6.56. The summed E-state index contributed by atoms with van der Waals surface area (Å²) in [7, 11) is 0. The number of benzene rings is 1. The van der Waals surface area contributed by atoms with Crippen LogP contribution in [0.2, 0.25) is 0 Å². The minimum absolute atomic E-state index is 0.288. The van der Waals surface area contributed by atoms with E-state index < -0.39 is 18.1 Å². The summed E-state index contributed by atoms with van der Waals surface area (Å²) < 4.78 is 45.9. The van der Waals surface area contributed by atoms with Gasteiger partial charge in [-0.25, -0.2) is 13.2 Å². The molecular formula is C16H21F3N2O. The van der Waals surface area contributed by atoms with Gasteiger partial charge in [-0.3, -0.25) is 4.90 Å². The van der Waals surface area contributed by atoms with Gasteiger partial charge in [0.15, 0.2) is 0 Å². The Hall–Kier alpha value is -1.11. The quantitative estimate of drug-likeness (QED) is 0.928. The largest absolute Gasteiger partial charge is 0.364 e. The first-order chi connectivity index (χ1) is 10.6. The highest BCUT2D eigenvalue weighted by molar-refractivity contribution is 5.21. The van der Waals surface area contributed by atoms with Crippen molar-refractivity contribution in [2.24, 2.45) is 0 Å². The van der Waals surface area contributed by atoms with Gasteiger partial charge in [-0.1, -0.05) is 18.2 Å². The van der Waals surface area contributed by atoms with Crippen LogP contribution in [0.4, 0.5) is 13.2 Å². The molecule has 22 heavy (non-hydrogen) atoms. The molecule has 2 aliphatic heterocycles. The van der Waals surface area contributed by atoms with Crippen LogP contribution in [0.5, 0.6) is 0 Å². The van der Waals surface area contributed by atoms with Gasteiger partial charge in [0, 0.05) is 18.7 Å². The van der Waals surface area contributed by atoms with E-state index in [9.17, 15) is 13.2 Å². The van der Waals surface area contributed by atoms with Crippen LogP contribution in [0.1, 0.15) is 24.5 Å². The molecule has 122 valence electrons. The predicted octanol–water partition coefficient (Wildman–Crippen LogP) is 2.59. The van der Waals surface area contributed by atoms with Crippen LogP contribution >= 0.6 is 0 Å². The fourth-order valence-corrected chi connectivity index (χ4v) is 3.47. The molecule has 2 heterocycles. The second-order valence-electron chi connectivity index (χ2n) is 6.15. The molecule has 2 fully saturated rings. The lowest BCUT2D eigenvalue weighted by atomic mass is 9.88. The molecule has 1 N–H and O–H groups in total. The van der Waals surface area contributed by atoms with E-state index in [1.54, 1.807) is 23.1 Å². The van der Waals surface area contributed by atoms with Gasteiger partial charge in [0.25, 0.3) is 6.43 Å². The Morgan fingerprint density at radius 2 is 2.00 bits per heavy atom. The zero-order valence-electron chi connectivity index (χ0n) is 12.4. The molecule has 6 heteroatoms. The summed E-state index contributed by atoms with van der Waals surface area (Å²) in [6, 6.07) is 6.45. The van der Waals surface area contributed by atoms with Crippen LogP contribution < -0.4 is 5.32 Å². The molecule has 1 unspecified atom stereocenters. The molecule has 1 aromatic rings. The number of hydrogen-bond acceptors (Lipinski definition) is 3. The van der Waals surface area contributed by atoms with Gasteiger partial charge in [-0.15, -0.1) is 0 Å². The van der Waals surface area contributed by atoms with Gasteiger partial charge in [0.2, 0.25) is 0 Å². The van der Waals surface area contributed by atoms with Crippen molar-refractivity contribution in [1.82, 2.24) is 10.2 Å². The smallest absolute Gasteiger partial charge is 0.251 e. The van der Waals surface area contributed by atoms with Crippen molar-refractivity contribution >= 4 is 0 Å². The number of alkyl halides is 2. The molecule has 0 aromatic heterocycles. The summed E-state index contributed by atoms with van der Waals surface area (Å²) in [4.78, 5) is 1.72. The first-order valence-corrected chi connectivity index (χ1v) is 7.71. The Morgan fingerprint density at radius 1 is 1.27 bits per heavy atom. The zero-order valence-corrected chi connectivity index (χ0v) is 12.4. The maximum Gasteiger partial charge on any atom is 0.251 e. The fraction of sp³-hybridized carbons (Fsp3) is 0.625. The molecule has 2 aliphatic rings. The van der Waals surface area contributed by atoms with Gasteiger partial charge in [0.1, 0.15) is 5.82 Å². The van der Waals surface area contributed by atoms with Crippen LogP contribution in [-0.4, -0.2) is 49.7 Å². The summed E-state index contributed by atoms with van der Waals surface area (Å²) in [5.74, 6) is -0.338. The third-order valence-electron chi connectivity index (χ3n) is 4.49. The average molecular weight is 314 g/mol. The average Bonchev–Trinajstić information content (AvgIpc) is 2.47. The van der Waals surface area contributed by atoms with Crippen molar-refractivity contribution < 1.29 is 17.9 Å². The molecule has 0 amide bonds. The first-order valence-electron chi connectivity index (χ1n) is 7.71. The third kappa shape index (κ3) is 3.45. The molecule has 1 aromatic carbocycles. The maximum atomic E-state index is 14.1. The molecule has 0 radical (unpaired) electrons. The van der Waals surface area contributed by atoms with Crippen molar-refractivity contribution in [2.45, 2.75) is 31.0 Å². The SMILES string of the molecule is Fc1ccccc1C1CN(CC(F)F)CC2(CCNCC2)O1. The van der Waals surface area contributed by atoms with Gasteiger partial charge >= 0.3 is 0 Å². The molecule has 0 saturated carbocycles. The second-order valence-corrected chi connectivity index (χ2v) is 6.15. The molecule has 0 aliphatic carbocycles. The molecule has 1 spiro atoms.